The molecule has 3 nitrogen and oxygen atoms in total. The van der Waals surface area contributed by atoms with Gasteiger partial charge < -0.3 is 10.2 Å². The van der Waals surface area contributed by atoms with Gasteiger partial charge in [0, 0.05) is 6.54 Å². The Hall–Kier alpha value is -0.590. The van der Waals surface area contributed by atoms with Gasteiger partial charge in [0.1, 0.15) is 5.54 Å². The van der Waals surface area contributed by atoms with Crippen LogP contribution in [0, 0.1) is 17.2 Å². The SMILES string of the molecule is CCCC1CCCN(CC(C)(C#N)NC)CC1. The van der Waals surface area contributed by atoms with E-state index in [0.29, 0.717) is 0 Å². The Morgan fingerprint density at radius 1 is 1.41 bits per heavy atom. The minimum atomic E-state index is -0.398. The van der Waals surface area contributed by atoms with Gasteiger partial charge in [-0.1, -0.05) is 19.8 Å². The molecule has 0 spiro atoms. The standard InChI is InChI=1S/C14H27N3/c1-4-6-13-7-5-9-17(10-8-13)12-14(2,11-15)16-3/h13,16H,4-10,12H2,1-3H3. The third-order valence-corrected chi connectivity index (χ3v) is 3.98. The summed E-state index contributed by atoms with van der Waals surface area (Å²) in [5.74, 6) is 0.910. The second-order valence-corrected chi connectivity index (χ2v) is 5.56. The minimum absolute atomic E-state index is 0.398. The van der Waals surface area contributed by atoms with Crippen LogP contribution in [0.1, 0.15) is 46.0 Å². The Kier molecular flexibility index (Phi) is 5.94. The molecule has 0 saturated carbocycles. The summed E-state index contributed by atoms with van der Waals surface area (Å²) in [6, 6.07) is 2.38. The van der Waals surface area contributed by atoms with E-state index in [-0.39, 0.29) is 0 Å². The lowest BCUT2D eigenvalue weighted by Gasteiger charge is -2.29. The number of rotatable bonds is 5. The maximum Gasteiger partial charge on any atom is 0.116 e. The maximum atomic E-state index is 9.18. The zero-order valence-corrected chi connectivity index (χ0v) is 11.6. The normalized spacial score (nSPS) is 25.9. The van der Waals surface area contributed by atoms with Gasteiger partial charge in [-0.2, -0.15) is 5.26 Å². The fraction of sp³-hybridized carbons (Fsp3) is 0.929. The summed E-state index contributed by atoms with van der Waals surface area (Å²) in [5.41, 5.74) is -0.398. The van der Waals surface area contributed by atoms with Crippen LogP contribution in [0.4, 0.5) is 0 Å². The van der Waals surface area contributed by atoms with Gasteiger partial charge in [0.2, 0.25) is 0 Å². The van der Waals surface area contributed by atoms with E-state index in [0.717, 1.165) is 25.6 Å². The number of likely N-dealkylation sites (N-methyl/N-ethyl adjacent to an activating group) is 1. The van der Waals surface area contributed by atoms with Crippen LogP contribution in [-0.4, -0.2) is 37.1 Å². The van der Waals surface area contributed by atoms with E-state index in [4.69, 9.17) is 0 Å². The van der Waals surface area contributed by atoms with Crippen LogP contribution in [0.25, 0.3) is 0 Å². The largest absolute Gasteiger partial charge is 0.302 e. The van der Waals surface area contributed by atoms with E-state index in [1.165, 1.54) is 32.1 Å². The molecule has 2 atom stereocenters. The number of hydrogen-bond acceptors (Lipinski definition) is 3. The first kappa shape index (κ1) is 14.5. The molecule has 2 unspecified atom stereocenters. The predicted molar refractivity (Wildman–Crippen MR) is 71.8 cm³/mol. The molecule has 1 rings (SSSR count). The van der Waals surface area contributed by atoms with Gasteiger partial charge in [0.15, 0.2) is 0 Å². The summed E-state index contributed by atoms with van der Waals surface area (Å²) in [7, 11) is 1.88. The van der Waals surface area contributed by atoms with Crippen LogP contribution in [0.2, 0.25) is 0 Å². The van der Waals surface area contributed by atoms with Crippen LogP contribution in [0.5, 0.6) is 0 Å². The molecule has 1 heterocycles. The van der Waals surface area contributed by atoms with Crippen molar-refractivity contribution in [2.24, 2.45) is 5.92 Å². The van der Waals surface area contributed by atoms with E-state index >= 15 is 0 Å². The molecule has 98 valence electrons. The molecule has 1 aliphatic heterocycles. The summed E-state index contributed by atoms with van der Waals surface area (Å²) < 4.78 is 0. The second-order valence-electron chi connectivity index (χ2n) is 5.56. The summed E-state index contributed by atoms with van der Waals surface area (Å²) in [6.45, 7) is 7.42. The third-order valence-electron chi connectivity index (χ3n) is 3.98. The lowest BCUT2D eigenvalue weighted by Crippen LogP contribution is -2.49. The Morgan fingerprint density at radius 2 is 2.18 bits per heavy atom. The predicted octanol–water partition coefficient (Wildman–Crippen LogP) is 2.39. The number of likely N-dealkylation sites (tertiary alicyclic amines) is 1. The van der Waals surface area contributed by atoms with Crippen LogP contribution in [-0.2, 0) is 0 Å². The monoisotopic (exact) mass is 237 g/mol. The van der Waals surface area contributed by atoms with E-state index in [9.17, 15) is 5.26 Å². The Bertz CT molecular complexity index is 259. The van der Waals surface area contributed by atoms with Gasteiger partial charge in [-0.3, -0.25) is 0 Å². The summed E-state index contributed by atoms with van der Waals surface area (Å²) in [4.78, 5) is 2.45. The fourth-order valence-electron chi connectivity index (χ4n) is 2.70. The number of nitrogens with zero attached hydrogens (tertiary/aromatic N) is 2. The van der Waals surface area contributed by atoms with Crippen molar-refractivity contribution in [3.8, 4) is 6.07 Å². The molecule has 1 aliphatic rings. The Morgan fingerprint density at radius 3 is 2.76 bits per heavy atom. The molecule has 0 radical (unpaired) electrons. The van der Waals surface area contributed by atoms with Gasteiger partial charge in [-0.15, -0.1) is 0 Å². The van der Waals surface area contributed by atoms with Crippen LogP contribution >= 0.6 is 0 Å². The molecular weight excluding hydrogens is 210 g/mol. The van der Waals surface area contributed by atoms with E-state index in [1.807, 2.05) is 14.0 Å². The molecule has 0 aromatic rings. The van der Waals surface area contributed by atoms with Gasteiger partial charge >= 0.3 is 0 Å². The number of nitriles is 1. The van der Waals surface area contributed by atoms with Crippen LogP contribution in [0.3, 0.4) is 0 Å². The van der Waals surface area contributed by atoms with Gasteiger partial charge in [-0.05, 0) is 52.2 Å². The Balaban J connectivity index is 2.44. The molecule has 0 aromatic heterocycles. The molecule has 3 heteroatoms. The minimum Gasteiger partial charge on any atom is -0.302 e. The van der Waals surface area contributed by atoms with Crippen LogP contribution < -0.4 is 5.32 Å². The molecule has 17 heavy (non-hydrogen) atoms. The highest BCUT2D eigenvalue weighted by Gasteiger charge is 2.26. The third kappa shape index (κ3) is 4.65. The maximum absolute atomic E-state index is 9.18. The molecule has 0 amide bonds. The fourth-order valence-corrected chi connectivity index (χ4v) is 2.70. The van der Waals surface area contributed by atoms with Crippen LogP contribution in [0.15, 0.2) is 0 Å². The molecular formula is C14H27N3. The first-order valence-electron chi connectivity index (χ1n) is 6.96. The topological polar surface area (TPSA) is 39.1 Å². The smallest absolute Gasteiger partial charge is 0.116 e. The van der Waals surface area contributed by atoms with E-state index in [1.54, 1.807) is 0 Å². The van der Waals surface area contributed by atoms with E-state index in [2.05, 4.69) is 23.2 Å². The Labute approximate surface area is 106 Å². The average molecular weight is 237 g/mol. The van der Waals surface area contributed by atoms with Crippen molar-refractivity contribution < 1.29 is 0 Å². The summed E-state index contributed by atoms with van der Waals surface area (Å²) in [6.07, 6.45) is 6.63. The molecule has 1 N–H and O–H groups in total. The average Bonchev–Trinajstić information content (AvgIpc) is 2.55. The van der Waals surface area contributed by atoms with Crippen molar-refractivity contribution in [2.75, 3.05) is 26.7 Å². The van der Waals surface area contributed by atoms with E-state index < -0.39 is 5.54 Å². The van der Waals surface area contributed by atoms with Crippen molar-refractivity contribution >= 4 is 0 Å². The molecule has 0 aliphatic carbocycles. The highest BCUT2D eigenvalue weighted by Crippen LogP contribution is 2.22. The molecule has 0 bridgehead atoms. The van der Waals surface area contributed by atoms with Crippen molar-refractivity contribution in [3.05, 3.63) is 0 Å². The highest BCUT2D eigenvalue weighted by atomic mass is 15.2. The highest BCUT2D eigenvalue weighted by molar-refractivity contribution is 5.05. The van der Waals surface area contributed by atoms with Crippen molar-refractivity contribution in [3.63, 3.8) is 0 Å². The number of nitrogens with one attached hydrogen (secondary N) is 1. The lowest BCUT2D eigenvalue weighted by atomic mass is 9.96. The van der Waals surface area contributed by atoms with Crippen molar-refractivity contribution in [1.29, 1.82) is 5.26 Å². The number of hydrogen-bond donors (Lipinski definition) is 1. The molecule has 0 aromatic carbocycles. The quantitative estimate of drug-likeness (QED) is 0.798. The van der Waals surface area contributed by atoms with Gasteiger partial charge in [0.05, 0.1) is 6.07 Å². The van der Waals surface area contributed by atoms with Gasteiger partial charge in [0.25, 0.3) is 0 Å². The first-order chi connectivity index (χ1) is 8.13. The van der Waals surface area contributed by atoms with Crippen molar-refractivity contribution in [2.45, 2.75) is 51.5 Å². The summed E-state index contributed by atoms with van der Waals surface area (Å²) >= 11 is 0. The van der Waals surface area contributed by atoms with Crippen molar-refractivity contribution in [1.82, 2.24) is 10.2 Å². The van der Waals surface area contributed by atoms with Gasteiger partial charge in [-0.25, -0.2) is 0 Å². The zero-order chi connectivity index (χ0) is 12.7. The second kappa shape index (κ2) is 6.98. The first-order valence-corrected chi connectivity index (χ1v) is 6.96. The lowest BCUT2D eigenvalue weighted by molar-refractivity contribution is 0.229. The summed E-state index contributed by atoms with van der Waals surface area (Å²) in [5, 5.41) is 12.3. The molecule has 1 fully saturated rings. The zero-order valence-electron chi connectivity index (χ0n) is 11.6. The molecule has 1 saturated heterocycles.